The summed E-state index contributed by atoms with van der Waals surface area (Å²) in [7, 11) is -1.48. The summed E-state index contributed by atoms with van der Waals surface area (Å²) in [4.78, 5) is 0.335. The van der Waals surface area contributed by atoms with Crippen molar-refractivity contribution in [3.8, 4) is 0 Å². The van der Waals surface area contributed by atoms with E-state index in [4.69, 9.17) is 0 Å². The molecule has 0 saturated carbocycles. The molecule has 0 radical (unpaired) electrons. The Morgan fingerprint density at radius 1 is 1.56 bits per heavy atom. The normalized spacial score (nSPS) is 22.4. The number of hydrogen-bond donors (Lipinski definition) is 2. The molecule has 0 aliphatic carbocycles. The van der Waals surface area contributed by atoms with E-state index < -0.39 is 10.0 Å². The predicted octanol–water partition coefficient (Wildman–Crippen LogP) is 1.59. The summed E-state index contributed by atoms with van der Waals surface area (Å²) in [6, 6.07) is 0.111. The van der Waals surface area contributed by atoms with Crippen LogP contribution in [0.3, 0.4) is 0 Å². The maximum Gasteiger partial charge on any atom is 0.243 e. The van der Waals surface area contributed by atoms with Crippen LogP contribution < -0.4 is 5.32 Å². The summed E-state index contributed by atoms with van der Waals surface area (Å²) in [6.07, 6.45) is 3.24. The second-order valence-corrected chi connectivity index (χ2v) is 7.69. The molecule has 1 heterocycles. The molecule has 0 saturated heterocycles. The Morgan fingerprint density at radius 2 is 2.17 bits per heavy atom. The van der Waals surface area contributed by atoms with Gasteiger partial charge < -0.3 is 5.32 Å². The largest absolute Gasteiger partial charge is 0.315 e. The number of nitrogens with zero attached hydrogens (tertiary/aromatic N) is 1. The minimum absolute atomic E-state index is 0.00636. The van der Waals surface area contributed by atoms with Crippen molar-refractivity contribution in [2.75, 3.05) is 20.1 Å². The Balaban J connectivity index is 2.84. The standard InChI is InChI=1S/C12H22N2O2S2/c1-12(2,3)11(13-4)9-14-7-5-10(6-8-17)18(14,15)16/h5-6,8,11,13,17H,7,9H2,1-4H3/b8-6-. The van der Waals surface area contributed by atoms with Gasteiger partial charge >= 0.3 is 0 Å². The molecule has 1 rings (SSSR count). The fourth-order valence-corrected chi connectivity index (χ4v) is 3.65. The molecule has 1 aliphatic heterocycles. The highest BCUT2D eigenvalue weighted by molar-refractivity contribution is 7.93. The topological polar surface area (TPSA) is 49.4 Å². The first-order valence-electron chi connectivity index (χ1n) is 5.92. The summed E-state index contributed by atoms with van der Waals surface area (Å²) in [5, 5.41) is 4.64. The second kappa shape index (κ2) is 5.77. The Hall–Kier alpha value is -0.300. The first kappa shape index (κ1) is 15.8. The summed E-state index contributed by atoms with van der Waals surface area (Å²) >= 11 is 3.92. The number of thiol groups is 1. The molecular formula is C12H22N2O2S2. The predicted molar refractivity (Wildman–Crippen MR) is 79.0 cm³/mol. The van der Waals surface area contributed by atoms with Gasteiger partial charge in [0.15, 0.2) is 0 Å². The Morgan fingerprint density at radius 3 is 2.61 bits per heavy atom. The lowest BCUT2D eigenvalue weighted by Crippen LogP contribution is -2.47. The molecule has 0 bridgehead atoms. The van der Waals surface area contributed by atoms with E-state index in [2.05, 4.69) is 38.7 Å². The van der Waals surface area contributed by atoms with Crippen LogP contribution in [-0.4, -0.2) is 38.9 Å². The van der Waals surface area contributed by atoms with Crippen molar-refractivity contribution >= 4 is 22.7 Å². The zero-order chi connectivity index (χ0) is 14.0. The fraction of sp³-hybridized carbons (Fsp3) is 0.667. The van der Waals surface area contributed by atoms with E-state index in [1.165, 1.54) is 15.8 Å². The Labute approximate surface area is 116 Å². The van der Waals surface area contributed by atoms with E-state index in [-0.39, 0.29) is 11.5 Å². The maximum absolute atomic E-state index is 12.2. The molecule has 0 amide bonds. The van der Waals surface area contributed by atoms with Gasteiger partial charge in [-0.05, 0) is 30.0 Å². The van der Waals surface area contributed by atoms with Crippen LogP contribution in [0.1, 0.15) is 20.8 Å². The molecule has 1 N–H and O–H groups in total. The second-order valence-electron chi connectivity index (χ2n) is 5.45. The highest BCUT2D eigenvalue weighted by Crippen LogP contribution is 2.26. The van der Waals surface area contributed by atoms with E-state index in [0.717, 1.165) is 0 Å². The van der Waals surface area contributed by atoms with Crippen LogP contribution in [0.5, 0.6) is 0 Å². The van der Waals surface area contributed by atoms with Gasteiger partial charge in [0.2, 0.25) is 10.0 Å². The molecule has 1 unspecified atom stereocenters. The van der Waals surface area contributed by atoms with Crippen molar-refractivity contribution in [2.24, 2.45) is 5.41 Å². The number of allylic oxidation sites excluding steroid dienone is 1. The minimum Gasteiger partial charge on any atom is -0.315 e. The van der Waals surface area contributed by atoms with Gasteiger partial charge in [0.25, 0.3) is 0 Å². The van der Waals surface area contributed by atoms with Gasteiger partial charge in [-0.2, -0.15) is 16.9 Å². The summed E-state index contributed by atoms with van der Waals surface area (Å²) < 4.78 is 25.9. The fourth-order valence-electron chi connectivity index (χ4n) is 1.95. The lowest BCUT2D eigenvalue weighted by molar-refractivity contribution is 0.242. The lowest BCUT2D eigenvalue weighted by Gasteiger charge is -2.33. The van der Waals surface area contributed by atoms with Gasteiger partial charge in [0.1, 0.15) is 0 Å². The Kier molecular flexibility index (Phi) is 5.05. The van der Waals surface area contributed by atoms with Gasteiger partial charge in [0.05, 0.1) is 4.91 Å². The molecule has 0 aromatic carbocycles. The molecule has 1 aliphatic rings. The first-order chi connectivity index (χ1) is 8.23. The van der Waals surface area contributed by atoms with Crippen LogP contribution in [0.25, 0.3) is 0 Å². The molecule has 0 aromatic rings. The summed E-state index contributed by atoms with van der Waals surface area (Å²) in [5.41, 5.74) is 0.00636. The smallest absolute Gasteiger partial charge is 0.243 e. The quantitative estimate of drug-likeness (QED) is 0.773. The van der Waals surface area contributed by atoms with Crippen LogP contribution in [-0.2, 0) is 10.0 Å². The third-order valence-electron chi connectivity index (χ3n) is 3.15. The van der Waals surface area contributed by atoms with Crippen molar-refractivity contribution in [2.45, 2.75) is 26.8 Å². The third kappa shape index (κ3) is 3.38. The van der Waals surface area contributed by atoms with Crippen molar-refractivity contribution in [1.82, 2.24) is 9.62 Å². The number of likely N-dealkylation sites (N-methyl/N-ethyl adjacent to an activating group) is 1. The highest BCUT2D eigenvalue weighted by atomic mass is 32.2. The van der Waals surface area contributed by atoms with Crippen LogP contribution in [0.15, 0.2) is 22.5 Å². The van der Waals surface area contributed by atoms with E-state index in [0.29, 0.717) is 18.0 Å². The van der Waals surface area contributed by atoms with Gasteiger partial charge in [0, 0.05) is 19.1 Å². The molecule has 6 heteroatoms. The van der Waals surface area contributed by atoms with Gasteiger partial charge in [-0.25, -0.2) is 8.42 Å². The Bertz CT molecular complexity index is 447. The molecule has 104 valence electrons. The van der Waals surface area contributed by atoms with Crippen LogP contribution in [0.4, 0.5) is 0 Å². The molecular weight excluding hydrogens is 268 g/mol. The van der Waals surface area contributed by atoms with Crippen molar-refractivity contribution in [3.05, 3.63) is 22.5 Å². The third-order valence-corrected chi connectivity index (χ3v) is 5.18. The van der Waals surface area contributed by atoms with Crippen molar-refractivity contribution in [3.63, 3.8) is 0 Å². The minimum atomic E-state index is -3.34. The lowest BCUT2D eigenvalue weighted by atomic mass is 9.87. The number of hydrogen-bond acceptors (Lipinski definition) is 4. The molecule has 1 atom stereocenters. The van der Waals surface area contributed by atoms with E-state index in [1.54, 1.807) is 6.08 Å². The zero-order valence-corrected chi connectivity index (χ0v) is 13.1. The monoisotopic (exact) mass is 290 g/mol. The van der Waals surface area contributed by atoms with E-state index in [1.807, 2.05) is 7.05 Å². The first-order valence-corrected chi connectivity index (χ1v) is 7.87. The summed E-state index contributed by atoms with van der Waals surface area (Å²) in [5.74, 6) is 0. The number of sulfonamides is 1. The van der Waals surface area contributed by atoms with Gasteiger partial charge in [-0.15, -0.1) is 0 Å². The molecule has 0 spiro atoms. The molecule has 0 aromatic heterocycles. The average Bonchev–Trinajstić information content (AvgIpc) is 2.50. The number of nitrogens with one attached hydrogen (secondary N) is 1. The SMILES string of the molecule is CNC(CN1CC=C(/C=C\S)S1(=O)=O)C(C)(C)C. The van der Waals surface area contributed by atoms with Crippen molar-refractivity contribution in [1.29, 1.82) is 0 Å². The molecule has 4 nitrogen and oxygen atoms in total. The van der Waals surface area contributed by atoms with Gasteiger partial charge in [-0.3, -0.25) is 0 Å². The zero-order valence-electron chi connectivity index (χ0n) is 11.3. The maximum atomic E-state index is 12.2. The highest BCUT2D eigenvalue weighted by Gasteiger charge is 2.34. The van der Waals surface area contributed by atoms with Gasteiger partial charge in [-0.1, -0.05) is 20.8 Å². The number of rotatable bonds is 4. The van der Waals surface area contributed by atoms with E-state index >= 15 is 0 Å². The van der Waals surface area contributed by atoms with Crippen molar-refractivity contribution < 1.29 is 8.42 Å². The average molecular weight is 290 g/mol. The van der Waals surface area contributed by atoms with E-state index in [9.17, 15) is 8.42 Å². The molecule has 18 heavy (non-hydrogen) atoms. The van der Waals surface area contributed by atoms with Crippen LogP contribution in [0, 0.1) is 5.41 Å². The van der Waals surface area contributed by atoms with Crippen LogP contribution >= 0.6 is 12.6 Å². The van der Waals surface area contributed by atoms with Crippen LogP contribution in [0.2, 0.25) is 0 Å². The summed E-state index contributed by atoms with van der Waals surface area (Å²) in [6.45, 7) is 7.20. The molecule has 0 fully saturated rings.